The lowest BCUT2D eigenvalue weighted by Gasteiger charge is -2.10. The molecule has 0 fully saturated rings. The fourth-order valence-corrected chi connectivity index (χ4v) is 1.50. The summed E-state index contributed by atoms with van der Waals surface area (Å²) in [6, 6.07) is 6.01. The van der Waals surface area contributed by atoms with Crippen molar-refractivity contribution in [2.24, 2.45) is 0 Å². The van der Waals surface area contributed by atoms with Gasteiger partial charge in [-0.2, -0.15) is 4.98 Å². The highest BCUT2D eigenvalue weighted by Crippen LogP contribution is 2.30. The van der Waals surface area contributed by atoms with Crippen molar-refractivity contribution in [2.75, 3.05) is 7.11 Å². The minimum atomic E-state index is -1.17. The van der Waals surface area contributed by atoms with Crippen LogP contribution in [0.25, 0.3) is 0 Å². The van der Waals surface area contributed by atoms with Crippen molar-refractivity contribution < 1.29 is 24.5 Å². The predicted molar refractivity (Wildman–Crippen MR) is 68.0 cm³/mol. The SMILES string of the molecule is COc1cc(CO)ccc1Oc1nccc(C(=O)O)n1. The Bertz CT molecular complexity index is 630. The van der Waals surface area contributed by atoms with Gasteiger partial charge in [-0.1, -0.05) is 6.07 Å². The Balaban J connectivity index is 2.29. The second-order valence-corrected chi connectivity index (χ2v) is 3.77. The van der Waals surface area contributed by atoms with Crippen molar-refractivity contribution in [2.45, 2.75) is 6.61 Å². The third-order valence-corrected chi connectivity index (χ3v) is 2.46. The smallest absolute Gasteiger partial charge is 0.354 e. The first-order valence-corrected chi connectivity index (χ1v) is 5.66. The summed E-state index contributed by atoms with van der Waals surface area (Å²) >= 11 is 0. The molecule has 0 aliphatic rings. The number of hydrogen-bond donors (Lipinski definition) is 2. The molecule has 1 aromatic heterocycles. The molecular weight excluding hydrogens is 264 g/mol. The fraction of sp³-hybridized carbons (Fsp3) is 0.154. The second kappa shape index (κ2) is 5.98. The number of ether oxygens (including phenoxy) is 2. The topological polar surface area (TPSA) is 102 Å². The molecule has 7 heteroatoms. The molecule has 104 valence electrons. The second-order valence-electron chi connectivity index (χ2n) is 3.77. The maximum atomic E-state index is 10.8. The number of aromatic nitrogens is 2. The molecule has 0 amide bonds. The van der Waals surface area contributed by atoms with Crippen molar-refractivity contribution in [1.82, 2.24) is 9.97 Å². The molecule has 0 atom stereocenters. The highest BCUT2D eigenvalue weighted by molar-refractivity contribution is 5.85. The summed E-state index contributed by atoms with van der Waals surface area (Å²) < 4.78 is 10.5. The van der Waals surface area contributed by atoms with Crippen molar-refractivity contribution in [3.8, 4) is 17.5 Å². The molecule has 0 aliphatic carbocycles. The Morgan fingerprint density at radius 3 is 2.75 bits per heavy atom. The van der Waals surface area contributed by atoms with E-state index in [0.717, 1.165) is 0 Å². The Hall–Kier alpha value is -2.67. The summed E-state index contributed by atoms with van der Waals surface area (Å²) in [7, 11) is 1.46. The van der Waals surface area contributed by atoms with E-state index in [2.05, 4.69) is 9.97 Å². The van der Waals surface area contributed by atoms with Crippen LogP contribution in [0, 0.1) is 0 Å². The number of methoxy groups -OCH3 is 1. The van der Waals surface area contributed by atoms with Gasteiger partial charge in [0, 0.05) is 6.20 Å². The lowest BCUT2D eigenvalue weighted by molar-refractivity contribution is 0.0689. The minimum Gasteiger partial charge on any atom is -0.493 e. The molecule has 0 aliphatic heterocycles. The molecule has 2 rings (SSSR count). The van der Waals surface area contributed by atoms with Gasteiger partial charge >= 0.3 is 12.0 Å². The Labute approximate surface area is 114 Å². The van der Waals surface area contributed by atoms with Crippen molar-refractivity contribution in [3.63, 3.8) is 0 Å². The Morgan fingerprint density at radius 2 is 2.10 bits per heavy atom. The quantitative estimate of drug-likeness (QED) is 0.852. The molecule has 20 heavy (non-hydrogen) atoms. The van der Waals surface area contributed by atoms with Crippen LogP contribution in [0.2, 0.25) is 0 Å². The van der Waals surface area contributed by atoms with Crippen LogP contribution in [-0.4, -0.2) is 33.3 Å². The van der Waals surface area contributed by atoms with E-state index in [1.165, 1.54) is 19.4 Å². The molecule has 7 nitrogen and oxygen atoms in total. The van der Waals surface area contributed by atoms with Gasteiger partial charge in [0.1, 0.15) is 0 Å². The number of carboxylic acid groups (broad SMARTS) is 1. The monoisotopic (exact) mass is 276 g/mol. The van der Waals surface area contributed by atoms with E-state index in [4.69, 9.17) is 19.7 Å². The highest BCUT2D eigenvalue weighted by Gasteiger charge is 2.11. The number of nitrogens with zero attached hydrogens (tertiary/aromatic N) is 2. The van der Waals surface area contributed by atoms with E-state index in [1.807, 2.05) is 0 Å². The first kappa shape index (κ1) is 13.8. The lowest BCUT2D eigenvalue weighted by atomic mass is 10.2. The van der Waals surface area contributed by atoms with Gasteiger partial charge in [-0.05, 0) is 23.8 Å². The average molecular weight is 276 g/mol. The van der Waals surface area contributed by atoms with Crippen LogP contribution in [0.3, 0.4) is 0 Å². The summed E-state index contributed by atoms with van der Waals surface area (Å²) in [5.74, 6) is -0.451. The van der Waals surface area contributed by atoms with Crippen LogP contribution in [0.15, 0.2) is 30.5 Å². The van der Waals surface area contributed by atoms with Crippen LogP contribution < -0.4 is 9.47 Å². The lowest BCUT2D eigenvalue weighted by Crippen LogP contribution is -2.03. The van der Waals surface area contributed by atoms with E-state index in [0.29, 0.717) is 17.1 Å². The van der Waals surface area contributed by atoms with E-state index in [-0.39, 0.29) is 18.3 Å². The van der Waals surface area contributed by atoms with Crippen LogP contribution in [0.1, 0.15) is 16.1 Å². The zero-order chi connectivity index (χ0) is 14.5. The number of benzene rings is 1. The predicted octanol–water partition coefficient (Wildman–Crippen LogP) is 1.47. The maximum absolute atomic E-state index is 10.8. The Kier molecular flexibility index (Phi) is 4.11. The van der Waals surface area contributed by atoms with Gasteiger partial charge in [-0.25, -0.2) is 9.78 Å². The molecule has 0 spiro atoms. The van der Waals surface area contributed by atoms with Gasteiger partial charge in [-0.15, -0.1) is 0 Å². The number of aliphatic hydroxyl groups excluding tert-OH is 1. The van der Waals surface area contributed by atoms with Crippen molar-refractivity contribution >= 4 is 5.97 Å². The van der Waals surface area contributed by atoms with Gasteiger partial charge in [-0.3, -0.25) is 0 Å². The molecule has 0 bridgehead atoms. The summed E-state index contributed by atoms with van der Waals surface area (Å²) in [6.07, 6.45) is 1.29. The molecule has 2 aromatic rings. The first-order valence-electron chi connectivity index (χ1n) is 5.66. The highest BCUT2D eigenvalue weighted by atomic mass is 16.5. The summed E-state index contributed by atoms with van der Waals surface area (Å²) in [5, 5.41) is 17.9. The van der Waals surface area contributed by atoms with Gasteiger partial charge in [0.2, 0.25) is 0 Å². The standard InChI is InChI=1S/C13H12N2O5/c1-19-11-6-8(7-16)2-3-10(11)20-13-14-5-4-9(15-13)12(17)18/h2-6,16H,7H2,1H3,(H,17,18). The van der Waals surface area contributed by atoms with E-state index in [9.17, 15) is 4.79 Å². The Morgan fingerprint density at radius 1 is 1.30 bits per heavy atom. The largest absolute Gasteiger partial charge is 0.493 e. The number of aromatic carboxylic acids is 1. The van der Waals surface area contributed by atoms with Gasteiger partial charge in [0.15, 0.2) is 17.2 Å². The number of carboxylic acids is 1. The van der Waals surface area contributed by atoms with Crippen molar-refractivity contribution in [1.29, 1.82) is 0 Å². The zero-order valence-corrected chi connectivity index (χ0v) is 10.6. The number of aliphatic hydroxyl groups is 1. The third kappa shape index (κ3) is 3.01. The van der Waals surface area contributed by atoms with Gasteiger partial charge < -0.3 is 19.7 Å². The zero-order valence-electron chi connectivity index (χ0n) is 10.6. The van der Waals surface area contributed by atoms with Crippen LogP contribution in [-0.2, 0) is 6.61 Å². The van der Waals surface area contributed by atoms with Gasteiger partial charge in [0.25, 0.3) is 0 Å². The van der Waals surface area contributed by atoms with Crippen LogP contribution in [0.5, 0.6) is 17.5 Å². The van der Waals surface area contributed by atoms with E-state index >= 15 is 0 Å². The molecule has 1 aromatic carbocycles. The molecule has 0 saturated carbocycles. The average Bonchev–Trinajstić information content (AvgIpc) is 2.48. The normalized spacial score (nSPS) is 10.1. The molecular formula is C13H12N2O5. The molecule has 0 radical (unpaired) electrons. The summed E-state index contributed by atoms with van der Waals surface area (Å²) in [4.78, 5) is 18.4. The number of rotatable bonds is 5. The molecule has 2 N–H and O–H groups in total. The molecule has 0 saturated heterocycles. The molecule has 1 heterocycles. The third-order valence-electron chi connectivity index (χ3n) is 2.46. The van der Waals surface area contributed by atoms with E-state index < -0.39 is 5.97 Å². The van der Waals surface area contributed by atoms with E-state index in [1.54, 1.807) is 18.2 Å². The van der Waals surface area contributed by atoms with Crippen LogP contribution >= 0.6 is 0 Å². The summed E-state index contributed by atoms with van der Waals surface area (Å²) in [6.45, 7) is -0.123. The summed E-state index contributed by atoms with van der Waals surface area (Å²) in [5.41, 5.74) is 0.496. The number of carbonyl (C=O) groups is 1. The van der Waals surface area contributed by atoms with Crippen molar-refractivity contribution in [3.05, 3.63) is 41.7 Å². The molecule has 0 unspecified atom stereocenters. The maximum Gasteiger partial charge on any atom is 0.354 e. The van der Waals surface area contributed by atoms with Gasteiger partial charge in [0.05, 0.1) is 13.7 Å². The number of hydrogen-bond acceptors (Lipinski definition) is 6. The minimum absolute atomic E-state index is 0.0973. The fourth-order valence-electron chi connectivity index (χ4n) is 1.50. The van der Waals surface area contributed by atoms with Crippen LogP contribution in [0.4, 0.5) is 0 Å². The first-order chi connectivity index (χ1) is 9.63.